The molecule has 0 saturated carbocycles. The summed E-state index contributed by atoms with van der Waals surface area (Å²) < 4.78 is 0. The lowest BCUT2D eigenvalue weighted by molar-refractivity contribution is -0.123. The first-order valence-electron chi connectivity index (χ1n) is 8.15. The first kappa shape index (κ1) is 16.1. The Hall–Kier alpha value is -2.82. The van der Waals surface area contributed by atoms with E-state index in [9.17, 15) is 9.59 Å². The van der Waals surface area contributed by atoms with Gasteiger partial charge in [-0.3, -0.25) is 9.59 Å². The Bertz CT molecular complexity index is 730. The van der Waals surface area contributed by atoms with Gasteiger partial charge in [0.1, 0.15) is 0 Å². The van der Waals surface area contributed by atoms with E-state index in [0.717, 1.165) is 24.2 Å². The van der Waals surface area contributed by atoms with Crippen molar-refractivity contribution in [2.75, 3.05) is 18.4 Å². The fraction of sp³-hybridized carbons (Fsp3) is 0.263. The van der Waals surface area contributed by atoms with Gasteiger partial charge in [0.25, 0.3) is 5.91 Å². The molecule has 5 nitrogen and oxygen atoms in total. The zero-order chi connectivity index (χ0) is 16.9. The maximum Gasteiger partial charge on any atom is 0.255 e. The Kier molecular flexibility index (Phi) is 4.79. The fourth-order valence-electron chi connectivity index (χ4n) is 3.02. The molecule has 0 aliphatic carbocycles. The number of benzene rings is 2. The van der Waals surface area contributed by atoms with E-state index >= 15 is 0 Å². The van der Waals surface area contributed by atoms with E-state index in [1.54, 1.807) is 4.90 Å². The van der Waals surface area contributed by atoms with Gasteiger partial charge in [-0.15, -0.1) is 0 Å². The van der Waals surface area contributed by atoms with E-state index in [2.05, 4.69) is 5.32 Å². The number of likely N-dealkylation sites (tertiary alicyclic amines) is 1. The van der Waals surface area contributed by atoms with Crippen LogP contribution in [-0.2, 0) is 4.79 Å². The molecule has 2 aromatic rings. The van der Waals surface area contributed by atoms with Crippen LogP contribution in [0.3, 0.4) is 0 Å². The minimum Gasteiger partial charge on any atom is -0.369 e. The summed E-state index contributed by atoms with van der Waals surface area (Å²) in [6.45, 7) is 1.05. The fourth-order valence-corrected chi connectivity index (χ4v) is 3.02. The summed E-state index contributed by atoms with van der Waals surface area (Å²) in [5.74, 6) is -0.653. The average Bonchev–Trinajstić information content (AvgIpc) is 2.62. The minimum atomic E-state index is -0.330. The third-order valence-electron chi connectivity index (χ3n) is 4.32. The van der Waals surface area contributed by atoms with Crippen LogP contribution < -0.4 is 11.1 Å². The van der Waals surface area contributed by atoms with Crippen molar-refractivity contribution >= 4 is 23.2 Å². The van der Waals surface area contributed by atoms with Gasteiger partial charge in [0.2, 0.25) is 5.91 Å². The summed E-state index contributed by atoms with van der Waals surface area (Å²) in [7, 11) is 0. The second-order valence-corrected chi connectivity index (χ2v) is 6.03. The number of para-hydroxylation sites is 2. The minimum absolute atomic E-state index is 0.0695. The van der Waals surface area contributed by atoms with Crippen molar-refractivity contribution in [3.63, 3.8) is 0 Å². The number of primary amides is 1. The molecule has 0 aromatic heterocycles. The van der Waals surface area contributed by atoms with Crippen LogP contribution in [0.5, 0.6) is 0 Å². The second kappa shape index (κ2) is 7.17. The van der Waals surface area contributed by atoms with E-state index in [0.29, 0.717) is 18.7 Å². The summed E-state index contributed by atoms with van der Waals surface area (Å²) >= 11 is 0. The number of nitrogens with zero attached hydrogens (tertiary/aromatic N) is 1. The van der Waals surface area contributed by atoms with Gasteiger partial charge in [0.05, 0.1) is 17.2 Å². The molecule has 2 aromatic carbocycles. The lowest BCUT2D eigenvalue weighted by Gasteiger charge is -2.31. The third kappa shape index (κ3) is 3.56. The SMILES string of the molecule is NC(=O)C1CCCN(C(=O)c2ccccc2Nc2ccccc2)C1. The summed E-state index contributed by atoms with van der Waals surface area (Å²) in [5.41, 5.74) is 7.70. The lowest BCUT2D eigenvalue weighted by atomic mass is 9.96. The second-order valence-electron chi connectivity index (χ2n) is 6.03. The number of hydrogen-bond acceptors (Lipinski definition) is 3. The molecule has 1 saturated heterocycles. The van der Waals surface area contributed by atoms with E-state index in [4.69, 9.17) is 5.73 Å². The lowest BCUT2D eigenvalue weighted by Crippen LogP contribution is -2.44. The maximum atomic E-state index is 12.9. The van der Waals surface area contributed by atoms with Crippen LogP contribution in [0, 0.1) is 5.92 Å². The molecule has 3 N–H and O–H groups in total. The predicted octanol–water partition coefficient (Wildman–Crippen LogP) is 2.77. The molecule has 0 bridgehead atoms. The number of piperidine rings is 1. The number of carbonyl (C=O) groups is 2. The number of carbonyl (C=O) groups excluding carboxylic acids is 2. The van der Waals surface area contributed by atoms with Gasteiger partial charge >= 0.3 is 0 Å². The molecule has 1 atom stereocenters. The van der Waals surface area contributed by atoms with E-state index in [-0.39, 0.29) is 17.7 Å². The van der Waals surface area contributed by atoms with Crippen LogP contribution in [0.4, 0.5) is 11.4 Å². The zero-order valence-corrected chi connectivity index (χ0v) is 13.4. The van der Waals surface area contributed by atoms with Gasteiger partial charge < -0.3 is 16.0 Å². The van der Waals surface area contributed by atoms with Crippen molar-refractivity contribution in [2.24, 2.45) is 11.7 Å². The quantitative estimate of drug-likeness (QED) is 0.908. The Balaban J connectivity index is 1.81. The van der Waals surface area contributed by atoms with Gasteiger partial charge in [-0.05, 0) is 37.1 Å². The molecule has 0 radical (unpaired) electrons. The first-order chi connectivity index (χ1) is 11.6. The van der Waals surface area contributed by atoms with Gasteiger partial charge in [0, 0.05) is 18.8 Å². The highest BCUT2D eigenvalue weighted by Gasteiger charge is 2.28. The molecule has 24 heavy (non-hydrogen) atoms. The highest BCUT2D eigenvalue weighted by atomic mass is 16.2. The largest absolute Gasteiger partial charge is 0.369 e. The molecule has 3 rings (SSSR count). The molecule has 1 aliphatic heterocycles. The third-order valence-corrected chi connectivity index (χ3v) is 4.32. The topological polar surface area (TPSA) is 75.4 Å². The standard InChI is InChI=1S/C19H21N3O2/c20-18(23)14-7-6-12-22(13-14)19(24)16-10-4-5-11-17(16)21-15-8-2-1-3-9-15/h1-5,8-11,14,21H,6-7,12-13H2,(H2,20,23). The van der Waals surface area contributed by atoms with Crippen molar-refractivity contribution in [3.05, 3.63) is 60.2 Å². The number of anilines is 2. The summed E-state index contributed by atoms with van der Waals surface area (Å²) in [5, 5.41) is 3.29. The van der Waals surface area contributed by atoms with Crippen LogP contribution in [0.25, 0.3) is 0 Å². The van der Waals surface area contributed by atoms with Crippen LogP contribution in [-0.4, -0.2) is 29.8 Å². The maximum absolute atomic E-state index is 12.9. The van der Waals surface area contributed by atoms with Crippen LogP contribution in [0.1, 0.15) is 23.2 Å². The highest BCUT2D eigenvalue weighted by molar-refractivity contribution is 6.00. The van der Waals surface area contributed by atoms with Gasteiger partial charge in [-0.25, -0.2) is 0 Å². The molecule has 0 spiro atoms. The van der Waals surface area contributed by atoms with Crippen molar-refractivity contribution in [1.82, 2.24) is 4.90 Å². The molecule has 1 heterocycles. The Morgan fingerprint density at radius 3 is 2.50 bits per heavy atom. The number of hydrogen-bond donors (Lipinski definition) is 2. The molecular weight excluding hydrogens is 302 g/mol. The normalized spacial score (nSPS) is 17.3. The Morgan fingerprint density at radius 1 is 1.04 bits per heavy atom. The van der Waals surface area contributed by atoms with E-state index < -0.39 is 0 Å². The average molecular weight is 323 g/mol. The van der Waals surface area contributed by atoms with Gasteiger partial charge in [-0.1, -0.05) is 30.3 Å². The van der Waals surface area contributed by atoms with Crippen LogP contribution in [0.2, 0.25) is 0 Å². The van der Waals surface area contributed by atoms with Gasteiger partial charge in [-0.2, -0.15) is 0 Å². The summed E-state index contributed by atoms with van der Waals surface area (Å²) in [6, 6.07) is 17.2. The van der Waals surface area contributed by atoms with Crippen molar-refractivity contribution < 1.29 is 9.59 Å². The van der Waals surface area contributed by atoms with E-state index in [1.165, 1.54) is 0 Å². The van der Waals surface area contributed by atoms with Crippen molar-refractivity contribution in [2.45, 2.75) is 12.8 Å². The molecule has 1 unspecified atom stereocenters. The zero-order valence-electron chi connectivity index (χ0n) is 13.4. The molecule has 1 aliphatic rings. The van der Waals surface area contributed by atoms with Gasteiger partial charge in [0.15, 0.2) is 0 Å². The molecule has 1 fully saturated rings. The van der Waals surface area contributed by atoms with Crippen LogP contribution in [0.15, 0.2) is 54.6 Å². The Labute approximate surface area is 141 Å². The predicted molar refractivity (Wildman–Crippen MR) is 94.0 cm³/mol. The number of nitrogens with one attached hydrogen (secondary N) is 1. The molecular formula is C19H21N3O2. The number of rotatable bonds is 4. The van der Waals surface area contributed by atoms with Crippen molar-refractivity contribution in [3.8, 4) is 0 Å². The smallest absolute Gasteiger partial charge is 0.255 e. The van der Waals surface area contributed by atoms with Crippen molar-refractivity contribution in [1.29, 1.82) is 0 Å². The highest BCUT2D eigenvalue weighted by Crippen LogP contribution is 2.24. The number of nitrogens with two attached hydrogens (primary N) is 1. The monoisotopic (exact) mass is 323 g/mol. The Morgan fingerprint density at radius 2 is 1.75 bits per heavy atom. The molecule has 124 valence electrons. The van der Waals surface area contributed by atoms with E-state index in [1.807, 2.05) is 54.6 Å². The summed E-state index contributed by atoms with van der Waals surface area (Å²) in [4.78, 5) is 26.1. The molecule has 2 amide bonds. The first-order valence-corrected chi connectivity index (χ1v) is 8.15. The van der Waals surface area contributed by atoms with Crippen LogP contribution >= 0.6 is 0 Å². The molecule has 5 heteroatoms. The number of amides is 2. The summed E-state index contributed by atoms with van der Waals surface area (Å²) in [6.07, 6.45) is 1.55.